The number of hydrogen-bond acceptors (Lipinski definition) is 4. The molecular weight excluding hydrogens is 252 g/mol. The van der Waals surface area contributed by atoms with Gasteiger partial charge in [0.2, 0.25) is 5.91 Å². The van der Waals surface area contributed by atoms with Crippen molar-refractivity contribution < 1.29 is 14.4 Å². The summed E-state index contributed by atoms with van der Waals surface area (Å²) >= 11 is 1.12. The summed E-state index contributed by atoms with van der Waals surface area (Å²) in [6.07, 6.45) is 0. The lowest BCUT2D eigenvalue weighted by Gasteiger charge is -2.11. The SMILES string of the molecule is CC(=O)NCCSN1C(=O)c2ccccc2C1=O. The van der Waals surface area contributed by atoms with Gasteiger partial charge in [-0.05, 0) is 24.1 Å². The smallest absolute Gasteiger partial charge is 0.271 e. The molecule has 1 aromatic carbocycles. The van der Waals surface area contributed by atoms with Crippen LogP contribution in [0.2, 0.25) is 0 Å². The lowest BCUT2D eigenvalue weighted by atomic mass is 10.1. The molecule has 0 atom stereocenters. The minimum atomic E-state index is -0.288. The Bertz CT molecular complexity index is 481. The minimum Gasteiger partial charge on any atom is -0.355 e. The fraction of sp³-hybridized carbons (Fsp3) is 0.250. The van der Waals surface area contributed by atoms with Crippen LogP contribution in [0.1, 0.15) is 27.6 Å². The molecule has 0 aromatic heterocycles. The van der Waals surface area contributed by atoms with Crippen molar-refractivity contribution in [3.63, 3.8) is 0 Å². The van der Waals surface area contributed by atoms with Crippen LogP contribution in [0.15, 0.2) is 24.3 Å². The maximum atomic E-state index is 11.9. The molecule has 6 heteroatoms. The molecule has 0 radical (unpaired) electrons. The minimum absolute atomic E-state index is 0.127. The zero-order valence-corrected chi connectivity index (χ0v) is 10.6. The average molecular weight is 264 g/mol. The van der Waals surface area contributed by atoms with Crippen molar-refractivity contribution in [2.75, 3.05) is 12.3 Å². The molecule has 0 fully saturated rings. The highest BCUT2D eigenvalue weighted by Gasteiger charge is 2.35. The van der Waals surface area contributed by atoms with Gasteiger partial charge in [0, 0.05) is 19.2 Å². The van der Waals surface area contributed by atoms with Crippen LogP contribution in [-0.4, -0.2) is 34.3 Å². The van der Waals surface area contributed by atoms with Crippen LogP contribution in [0.4, 0.5) is 0 Å². The highest BCUT2D eigenvalue weighted by molar-refractivity contribution is 7.98. The standard InChI is InChI=1S/C12H12N2O3S/c1-8(15)13-6-7-18-14-11(16)9-4-2-3-5-10(9)12(14)17/h2-5H,6-7H2,1H3,(H,13,15). The molecule has 0 bridgehead atoms. The van der Waals surface area contributed by atoms with Crippen molar-refractivity contribution in [3.05, 3.63) is 35.4 Å². The van der Waals surface area contributed by atoms with E-state index in [0.29, 0.717) is 23.4 Å². The van der Waals surface area contributed by atoms with Gasteiger partial charge in [0.05, 0.1) is 11.1 Å². The quantitative estimate of drug-likeness (QED) is 0.502. The first kappa shape index (κ1) is 12.6. The first-order chi connectivity index (χ1) is 8.61. The van der Waals surface area contributed by atoms with Crippen LogP contribution in [0.5, 0.6) is 0 Å². The highest BCUT2D eigenvalue weighted by Crippen LogP contribution is 2.27. The van der Waals surface area contributed by atoms with Crippen LogP contribution < -0.4 is 5.32 Å². The number of fused-ring (bicyclic) bond motifs is 1. The van der Waals surface area contributed by atoms with Crippen molar-refractivity contribution in [1.29, 1.82) is 0 Å². The molecule has 1 aliphatic heterocycles. The zero-order valence-electron chi connectivity index (χ0n) is 9.80. The molecule has 1 N–H and O–H groups in total. The van der Waals surface area contributed by atoms with E-state index < -0.39 is 0 Å². The monoisotopic (exact) mass is 264 g/mol. The van der Waals surface area contributed by atoms with Gasteiger partial charge in [-0.15, -0.1) is 0 Å². The first-order valence-corrected chi connectivity index (χ1v) is 6.40. The summed E-state index contributed by atoms with van der Waals surface area (Å²) < 4.78 is 1.15. The predicted molar refractivity (Wildman–Crippen MR) is 68.1 cm³/mol. The molecule has 0 saturated heterocycles. The molecule has 1 aliphatic rings. The van der Waals surface area contributed by atoms with E-state index in [1.54, 1.807) is 24.3 Å². The molecule has 94 valence electrons. The van der Waals surface area contributed by atoms with Crippen molar-refractivity contribution >= 4 is 29.7 Å². The van der Waals surface area contributed by atoms with Crippen LogP contribution in [0.3, 0.4) is 0 Å². The van der Waals surface area contributed by atoms with Crippen molar-refractivity contribution in [3.8, 4) is 0 Å². The number of carbonyl (C=O) groups excluding carboxylic acids is 3. The van der Waals surface area contributed by atoms with E-state index in [-0.39, 0.29) is 17.7 Å². The van der Waals surface area contributed by atoms with Crippen molar-refractivity contribution in [1.82, 2.24) is 9.62 Å². The van der Waals surface area contributed by atoms with Gasteiger partial charge in [0.1, 0.15) is 0 Å². The number of carbonyl (C=O) groups is 3. The third-order valence-electron chi connectivity index (χ3n) is 2.45. The second kappa shape index (κ2) is 5.22. The van der Waals surface area contributed by atoms with Crippen molar-refractivity contribution in [2.24, 2.45) is 0 Å². The summed E-state index contributed by atoms with van der Waals surface area (Å²) in [6, 6.07) is 6.75. The van der Waals surface area contributed by atoms with Gasteiger partial charge in [0.15, 0.2) is 0 Å². The molecule has 0 saturated carbocycles. The molecule has 0 aliphatic carbocycles. The summed E-state index contributed by atoms with van der Waals surface area (Å²) in [5.74, 6) is -0.227. The normalized spacial score (nSPS) is 13.7. The second-order valence-electron chi connectivity index (χ2n) is 3.77. The second-order valence-corrected chi connectivity index (χ2v) is 4.80. The molecule has 3 amide bonds. The van der Waals surface area contributed by atoms with E-state index in [4.69, 9.17) is 0 Å². The first-order valence-electron chi connectivity index (χ1n) is 5.46. The number of nitrogens with zero attached hydrogens (tertiary/aromatic N) is 1. The summed E-state index contributed by atoms with van der Waals surface area (Å²) in [4.78, 5) is 34.5. The lowest BCUT2D eigenvalue weighted by Crippen LogP contribution is -2.27. The van der Waals surface area contributed by atoms with Gasteiger partial charge >= 0.3 is 0 Å². The topological polar surface area (TPSA) is 66.5 Å². The molecule has 1 aromatic rings. The van der Waals surface area contributed by atoms with Gasteiger partial charge in [-0.25, -0.2) is 4.31 Å². The van der Waals surface area contributed by atoms with E-state index >= 15 is 0 Å². The fourth-order valence-corrected chi connectivity index (χ4v) is 2.46. The van der Waals surface area contributed by atoms with E-state index in [9.17, 15) is 14.4 Å². The Labute approximate surface area is 109 Å². The number of hydrogen-bond donors (Lipinski definition) is 1. The third kappa shape index (κ3) is 2.38. The maximum absolute atomic E-state index is 11.9. The molecule has 2 rings (SSSR count). The van der Waals surface area contributed by atoms with Gasteiger partial charge in [-0.2, -0.15) is 0 Å². The van der Waals surface area contributed by atoms with E-state index in [1.807, 2.05) is 0 Å². The Balaban J connectivity index is 1.99. The third-order valence-corrected chi connectivity index (χ3v) is 3.43. The van der Waals surface area contributed by atoms with E-state index in [2.05, 4.69) is 5.32 Å². The van der Waals surface area contributed by atoms with Crippen LogP contribution in [-0.2, 0) is 4.79 Å². The van der Waals surface area contributed by atoms with Gasteiger partial charge < -0.3 is 5.32 Å². The molecular formula is C12H12N2O3S. The molecule has 1 heterocycles. The number of rotatable bonds is 4. The largest absolute Gasteiger partial charge is 0.355 e. The summed E-state index contributed by atoms with van der Waals surface area (Å²) in [7, 11) is 0. The van der Waals surface area contributed by atoms with Gasteiger partial charge in [-0.1, -0.05) is 12.1 Å². The lowest BCUT2D eigenvalue weighted by molar-refractivity contribution is -0.118. The summed E-state index contributed by atoms with van der Waals surface area (Å²) in [5.41, 5.74) is 0.879. The van der Waals surface area contributed by atoms with Crippen LogP contribution in [0.25, 0.3) is 0 Å². The van der Waals surface area contributed by atoms with Crippen LogP contribution >= 0.6 is 11.9 Å². The van der Waals surface area contributed by atoms with E-state index in [1.165, 1.54) is 6.92 Å². The molecule has 0 spiro atoms. The average Bonchev–Trinajstić information content (AvgIpc) is 2.59. The van der Waals surface area contributed by atoms with Gasteiger partial charge in [-0.3, -0.25) is 14.4 Å². The highest BCUT2D eigenvalue weighted by atomic mass is 32.2. The maximum Gasteiger partial charge on any atom is 0.271 e. The Morgan fingerprint density at radius 1 is 1.22 bits per heavy atom. The number of amides is 3. The number of imide groups is 1. The predicted octanol–water partition coefficient (Wildman–Crippen LogP) is 1.07. The molecule has 0 unspecified atom stereocenters. The number of nitrogens with one attached hydrogen (secondary N) is 1. The molecule has 18 heavy (non-hydrogen) atoms. The van der Waals surface area contributed by atoms with Gasteiger partial charge in [0.25, 0.3) is 11.8 Å². The Morgan fingerprint density at radius 3 is 2.28 bits per heavy atom. The number of benzene rings is 1. The van der Waals surface area contributed by atoms with Crippen LogP contribution in [0, 0.1) is 0 Å². The Morgan fingerprint density at radius 2 is 1.78 bits per heavy atom. The Hall–Kier alpha value is -1.82. The fourth-order valence-electron chi connectivity index (χ4n) is 1.65. The van der Waals surface area contributed by atoms with Crippen molar-refractivity contribution in [2.45, 2.75) is 6.92 Å². The molecule has 5 nitrogen and oxygen atoms in total. The summed E-state index contributed by atoms with van der Waals surface area (Å²) in [5, 5.41) is 2.61. The Kier molecular flexibility index (Phi) is 3.66. The zero-order chi connectivity index (χ0) is 13.1. The summed E-state index contributed by atoms with van der Waals surface area (Å²) in [6.45, 7) is 1.85. The van der Waals surface area contributed by atoms with E-state index in [0.717, 1.165) is 16.3 Å².